The van der Waals surface area contributed by atoms with E-state index in [4.69, 9.17) is 0 Å². The van der Waals surface area contributed by atoms with Crippen LogP contribution in [0.5, 0.6) is 0 Å². The van der Waals surface area contributed by atoms with Gasteiger partial charge < -0.3 is 88.4 Å². The van der Waals surface area contributed by atoms with Gasteiger partial charge in [-0.05, 0) is 0 Å². The predicted molar refractivity (Wildman–Crippen MR) is 91.4 cm³/mol. The molecule has 2 fully saturated rings. The van der Waals surface area contributed by atoms with Crippen LogP contribution in [0.3, 0.4) is 0 Å². The van der Waals surface area contributed by atoms with Crippen molar-refractivity contribution in [3.05, 3.63) is 0 Å². The van der Waals surface area contributed by atoms with E-state index >= 15 is 0 Å². The minimum absolute atomic E-state index is 0. The molecule has 2 heterocycles. The second kappa shape index (κ2) is 28.4. The Labute approximate surface area is 183 Å². The van der Waals surface area contributed by atoms with Gasteiger partial charge >= 0.3 is 66.1 Å². The van der Waals surface area contributed by atoms with Gasteiger partial charge in [0.05, 0.1) is 0 Å². The van der Waals surface area contributed by atoms with Gasteiger partial charge in [0.2, 0.25) is 0 Å². The van der Waals surface area contributed by atoms with Gasteiger partial charge in [-0.1, -0.05) is 0 Å². The van der Waals surface area contributed by atoms with Crippen molar-refractivity contribution in [2.45, 2.75) is 0 Å². The topological polar surface area (TPSA) is 536 Å². The maximum Gasteiger partial charge on any atom is 1.20 e. The molecule has 0 aromatic carbocycles. The Morgan fingerprint density at radius 3 is 0.750 bits per heavy atom. The monoisotopic (exact) mass is 534 g/mol. The van der Waals surface area contributed by atoms with E-state index in [1.807, 2.05) is 0 Å². The molecule has 0 aliphatic carbocycles. The smallest absolute Gasteiger partial charge is 0.542 e. The van der Waals surface area contributed by atoms with Crippen molar-refractivity contribution in [2.75, 3.05) is 0 Å². The van der Waals surface area contributed by atoms with E-state index in [9.17, 15) is 28.8 Å². The van der Waals surface area contributed by atoms with E-state index < -0.39 is 66.1 Å². The lowest BCUT2D eigenvalue weighted by Gasteiger charge is -2.05. The molecule has 24 nitrogen and oxygen atoms in total. The van der Waals surface area contributed by atoms with Gasteiger partial charge in [0, 0.05) is 0 Å². The van der Waals surface area contributed by atoms with Gasteiger partial charge in [0.1, 0.15) is 0 Å². The zero-order chi connectivity index (χ0) is 14.9. The average molecular weight is 534 g/mol. The molecule has 0 atom stereocenters. The van der Waals surface area contributed by atoms with Crippen LogP contribution in [-0.2, 0) is 51.5 Å². The second-order valence-electron chi connectivity index (χ2n) is 3.01. The molecular weight excluding hydrogens is 510 g/mol. The van der Waals surface area contributed by atoms with E-state index in [0.29, 0.717) is 0 Å². The zero-order valence-electron chi connectivity index (χ0n) is 15.1. The molecule has 0 radical (unpaired) electrons. The fourth-order valence-electron chi connectivity index (χ4n) is 0.957. The largest absolute Gasteiger partial charge is 1.20 e. The number of hydrogen-bond acceptors (Lipinski definition) is 12. The molecule has 0 amide bonds. The third kappa shape index (κ3) is 17.1. The molecule has 0 bridgehead atoms. The maximum atomic E-state index is 11.2. The van der Waals surface area contributed by atoms with Gasteiger partial charge in [-0.15, -0.1) is 0 Å². The predicted octanol–water partition coefficient (Wildman–Crippen LogP) is -13.7. The summed E-state index contributed by atoms with van der Waals surface area (Å²) in [5.74, 6) is -8.72. The molecule has 0 saturated carbocycles. The molecule has 2 aliphatic heterocycles. The van der Waals surface area contributed by atoms with Gasteiger partial charge in [0.25, 0.3) is 0 Å². The lowest BCUT2D eigenvalue weighted by molar-refractivity contribution is -0.160. The lowest BCUT2D eigenvalue weighted by atomic mass is 10.7. The Balaban J connectivity index is -0.0000000408. The summed E-state index contributed by atoms with van der Waals surface area (Å²) in [5, 5.41) is 0. The first-order valence-corrected chi connectivity index (χ1v) is 7.44. The molecule has 0 aromatic rings. The molecular formula is C6H24Al2O24. The van der Waals surface area contributed by atoms with Crippen LogP contribution in [0.4, 0.5) is 0 Å². The maximum absolute atomic E-state index is 11.2. The van der Waals surface area contributed by atoms with Crippen molar-refractivity contribution in [1.82, 2.24) is 0 Å². The first-order valence-electron chi connectivity index (χ1n) is 4.61. The minimum Gasteiger partial charge on any atom is -0.542 e. The van der Waals surface area contributed by atoms with Crippen LogP contribution in [0.2, 0.25) is 0 Å². The number of carbonyl (C=O) groups excluding carboxylic acids is 6. The molecule has 2 aliphatic rings. The van der Waals surface area contributed by atoms with Crippen molar-refractivity contribution in [2.24, 2.45) is 0 Å². The summed E-state index contributed by atoms with van der Waals surface area (Å²) in [6.07, 6.45) is 0. The van der Waals surface area contributed by atoms with E-state index in [1.54, 1.807) is 0 Å². The molecule has 2 saturated heterocycles. The molecule has 32 heavy (non-hydrogen) atoms. The number of hydrogen-bond donors (Lipinski definition) is 0. The Kier molecular flexibility index (Phi) is 62.2. The van der Waals surface area contributed by atoms with E-state index in [0.717, 1.165) is 0 Å². The van der Waals surface area contributed by atoms with Crippen LogP contribution in [0, 0.1) is 0 Å². The van der Waals surface area contributed by atoms with Gasteiger partial charge in [0.15, 0.2) is 0 Å². The molecule has 0 unspecified atom stereocenters. The van der Waals surface area contributed by atoms with Crippen molar-refractivity contribution in [1.29, 1.82) is 0 Å². The normalized spacial score (nSPS) is 10.8. The van der Waals surface area contributed by atoms with Crippen molar-refractivity contribution in [3.8, 4) is 0 Å². The Bertz CT molecular complexity index is 465. The van der Waals surface area contributed by atoms with Crippen molar-refractivity contribution in [3.63, 3.8) is 0 Å². The average Bonchev–Trinajstić information content (AvgIpc) is 2.83. The highest BCUT2D eigenvalue weighted by atomic mass is 27.3. The summed E-state index contributed by atoms with van der Waals surface area (Å²) in [5.41, 5.74) is 0. The highest BCUT2D eigenvalue weighted by Crippen LogP contribution is 2.07. The Hall–Kier alpha value is -2.60. The first kappa shape index (κ1) is 70.0. The van der Waals surface area contributed by atoms with E-state index in [-0.39, 0.29) is 65.7 Å². The summed E-state index contributed by atoms with van der Waals surface area (Å²) in [6.45, 7) is 0. The van der Waals surface area contributed by atoms with E-state index in [2.05, 4.69) is 22.7 Å². The molecule has 2 rings (SSSR count). The highest BCUT2D eigenvalue weighted by molar-refractivity contribution is 6.61. The quantitative estimate of drug-likeness (QED) is 0.235. The van der Waals surface area contributed by atoms with Gasteiger partial charge in [-0.25, -0.2) is 28.8 Å². The van der Waals surface area contributed by atoms with E-state index in [1.165, 1.54) is 0 Å². The molecule has 26 heteroatoms. The summed E-state index contributed by atoms with van der Waals surface area (Å²) >= 11 is -6.87. The fraction of sp³-hybridized carbons (Fsp3) is 0. The standard InChI is InChI=1S/3C2H2O4.2Al.12H2O/c3*3-1(4)2(5)6;;;;;;;;;;;;;;/h3*(H,3,4)(H,5,6);;;12*1H2/q;;;2*+3;;;;;;;;;;;;/p-6. The van der Waals surface area contributed by atoms with Gasteiger partial charge in [-0.3, -0.25) is 0 Å². The van der Waals surface area contributed by atoms with Gasteiger partial charge in [-0.2, -0.15) is 0 Å². The van der Waals surface area contributed by atoms with Crippen LogP contribution in [-0.4, -0.2) is 132 Å². The summed E-state index contributed by atoms with van der Waals surface area (Å²) < 4.78 is 25.4. The first-order chi connectivity index (χ1) is 9.36. The number of carbonyl (C=O) groups is 6. The molecule has 0 aromatic heterocycles. The summed E-state index contributed by atoms with van der Waals surface area (Å²) in [7, 11) is 0. The third-order valence-electron chi connectivity index (χ3n) is 1.72. The Morgan fingerprint density at radius 2 is 0.594 bits per heavy atom. The summed E-state index contributed by atoms with van der Waals surface area (Å²) in [6, 6.07) is 0. The number of rotatable bonds is 2. The molecule has 0 spiro atoms. The van der Waals surface area contributed by atoms with Crippen LogP contribution >= 0.6 is 0 Å². The molecule has 198 valence electrons. The summed E-state index contributed by atoms with van der Waals surface area (Å²) in [4.78, 5) is 64.8. The minimum atomic E-state index is -3.43. The molecule has 24 N–H and O–H groups in total. The van der Waals surface area contributed by atoms with Crippen LogP contribution in [0.1, 0.15) is 0 Å². The second-order valence-corrected chi connectivity index (χ2v) is 5.58. The SMILES string of the molecule is O.O.O.O.O.O.O.O.O.O.O.O.O=C1[O][Al]([O]C(=O)C(=O)[O][Al]2[O]C(=O)C(=O)[O]2)[O]C1=O. The van der Waals surface area contributed by atoms with Crippen LogP contribution in [0.25, 0.3) is 0 Å². The third-order valence-corrected chi connectivity index (χ3v) is 4.16. The highest BCUT2D eigenvalue weighted by Gasteiger charge is 2.60. The Morgan fingerprint density at radius 1 is 0.438 bits per heavy atom. The lowest BCUT2D eigenvalue weighted by Crippen LogP contribution is -2.34. The van der Waals surface area contributed by atoms with Crippen LogP contribution < -0.4 is 0 Å². The van der Waals surface area contributed by atoms with Crippen molar-refractivity contribution < 1.29 is 117 Å². The van der Waals surface area contributed by atoms with Crippen molar-refractivity contribution >= 4 is 66.1 Å². The van der Waals surface area contributed by atoms with Crippen LogP contribution in [0.15, 0.2) is 0 Å². The fourth-order valence-corrected chi connectivity index (χ4v) is 2.87. The zero-order valence-corrected chi connectivity index (χ0v) is 17.4.